The van der Waals surface area contributed by atoms with Crippen molar-refractivity contribution >= 4 is 0 Å². The van der Waals surface area contributed by atoms with Crippen LogP contribution in [0.1, 0.15) is 29.9 Å². The molecule has 27 heavy (non-hydrogen) atoms. The molecule has 2 aliphatic heterocycles. The molecule has 2 fully saturated rings. The second-order valence-electron chi connectivity index (χ2n) is 7.42. The average Bonchev–Trinajstić information content (AvgIpc) is 3.14. The third-order valence-electron chi connectivity index (χ3n) is 6.00. The molecule has 0 saturated carbocycles. The highest BCUT2D eigenvalue weighted by molar-refractivity contribution is 5.45. The summed E-state index contributed by atoms with van der Waals surface area (Å²) in [5.41, 5.74) is 2.29. The van der Waals surface area contributed by atoms with Crippen molar-refractivity contribution < 1.29 is 13.9 Å². The van der Waals surface area contributed by atoms with E-state index in [2.05, 4.69) is 10.2 Å². The molecule has 0 radical (unpaired) electrons. The largest absolute Gasteiger partial charge is 0.496 e. The van der Waals surface area contributed by atoms with E-state index in [9.17, 15) is 4.39 Å². The molecule has 0 aromatic heterocycles. The van der Waals surface area contributed by atoms with Crippen molar-refractivity contribution in [2.45, 2.75) is 37.4 Å². The van der Waals surface area contributed by atoms with Crippen LogP contribution in [0.15, 0.2) is 42.5 Å². The molecule has 2 aliphatic rings. The highest BCUT2D eigenvalue weighted by atomic mass is 19.1. The lowest BCUT2D eigenvalue weighted by atomic mass is 9.86. The van der Waals surface area contributed by atoms with Gasteiger partial charge in [0, 0.05) is 31.1 Å². The minimum Gasteiger partial charge on any atom is -0.496 e. The van der Waals surface area contributed by atoms with Crippen LogP contribution in [0.5, 0.6) is 11.5 Å². The molecule has 2 saturated heterocycles. The van der Waals surface area contributed by atoms with Crippen LogP contribution in [-0.4, -0.2) is 44.3 Å². The highest BCUT2D eigenvalue weighted by Crippen LogP contribution is 2.38. The topological polar surface area (TPSA) is 33.7 Å². The van der Waals surface area contributed by atoms with Gasteiger partial charge in [0.05, 0.1) is 19.8 Å². The van der Waals surface area contributed by atoms with Crippen molar-refractivity contribution in [1.29, 1.82) is 0 Å². The van der Waals surface area contributed by atoms with Crippen LogP contribution >= 0.6 is 0 Å². The van der Waals surface area contributed by atoms with E-state index in [0.29, 0.717) is 18.0 Å². The van der Waals surface area contributed by atoms with Gasteiger partial charge in [-0.1, -0.05) is 18.2 Å². The van der Waals surface area contributed by atoms with Gasteiger partial charge in [0.1, 0.15) is 17.3 Å². The molecule has 2 heterocycles. The van der Waals surface area contributed by atoms with E-state index < -0.39 is 0 Å². The lowest BCUT2D eigenvalue weighted by Gasteiger charge is -2.40. The normalized spacial score (nSPS) is 25.2. The van der Waals surface area contributed by atoms with E-state index in [1.54, 1.807) is 26.4 Å². The Hall–Kier alpha value is -2.11. The molecule has 0 amide bonds. The molecule has 4 rings (SSSR count). The molecule has 0 aliphatic carbocycles. The van der Waals surface area contributed by atoms with Crippen LogP contribution in [0.4, 0.5) is 4.39 Å². The standard InChI is InChI=1S/C22H27FN2O2/c1-26-20-6-3-7-21(27-2)18(20)14-25-12-4-5-19-22(25)17(13-24-19)15-8-10-16(23)11-9-15/h3,6-11,17,19,22,24H,4-5,12-14H2,1-2H3/t17-,19-,22-/m1/s1. The number of likely N-dealkylation sites (tertiary alicyclic amines) is 1. The zero-order valence-electron chi connectivity index (χ0n) is 16.0. The quantitative estimate of drug-likeness (QED) is 0.873. The summed E-state index contributed by atoms with van der Waals surface area (Å²) in [5, 5.41) is 3.70. The fourth-order valence-electron chi connectivity index (χ4n) is 4.74. The molecule has 3 atom stereocenters. The lowest BCUT2D eigenvalue weighted by molar-refractivity contribution is 0.118. The lowest BCUT2D eigenvalue weighted by Crippen LogP contribution is -2.49. The maximum atomic E-state index is 13.4. The summed E-state index contributed by atoms with van der Waals surface area (Å²) >= 11 is 0. The van der Waals surface area contributed by atoms with Gasteiger partial charge in [-0.05, 0) is 49.2 Å². The summed E-state index contributed by atoms with van der Waals surface area (Å²) in [7, 11) is 3.41. The van der Waals surface area contributed by atoms with Gasteiger partial charge in [-0.15, -0.1) is 0 Å². The number of fused-ring (bicyclic) bond motifs is 1. The van der Waals surface area contributed by atoms with Crippen LogP contribution < -0.4 is 14.8 Å². The number of benzene rings is 2. The van der Waals surface area contributed by atoms with E-state index in [1.165, 1.54) is 18.4 Å². The number of piperidine rings is 1. The van der Waals surface area contributed by atoms with Gasteiger partial charge < -0.3 is 14.8 Å². The summed E-state index contributed by atoms with van der Waals surface area (Å²) in [5.74, 6) is 1.90. The maximum absolute atomic E-state index is 13.4. The highest BCUT2D eigenvalue weighted by Gasteiger charge is 2.42. The van der Waals surface area contributed by atoms with Crippen molar-refractivity contribution in [3.05, 3.63) is 59.4 Å². The van der Waals surface area contributed by atoms with Crippen LogP contribution in [0.3, 0.4) is 0 Å². The van der Waals surface area contributed by atoms with E-state index in [4.69, 9.17) is 9.47 Å². The van der Waals surface area contributed by atoms with E-state index in [0.717, 1.165) is 36.7 Å². The van der Waals surface area contributed by atoms with Crippen molar-refractivity contribution in [3.8, 4) is 11.5 Å². The Kier molecular flexibility index (Phi) is 5.32. The summed E-state index contributed by atoms with van der Waals surface area (Å²) < 4.78 is 24.6. The third-order valence-corrected chi connectivity index (χ3v) is 6.00. The number of rotatable bonds is 5. The number of hydrogen-bond donors (Lipinski definition) is 1. The minimum atomic E-state index is -0.180. The summed E-state index contributed by atoms with van der Waals surface area (Å²) in [6.07, 6.45) is 2.35. The molecule has 0 bridgehead atoms. The average molecular weight is 370 g/mol. The Bertz CT molecular complexity index is 758. The van der Waals surface area contributed by atoms with Gasteiger partial charge in [0.25, 0.3) is 0 Å². The predicted octanol–water partition coefficient (Wildman–Crippen LogP) is 3.56. The fraction of sp³-hybridized carbons (Fsp3) is 0.455. The Morgan fingerprint density at radius 3 is 2.44 bits per heavy atom. The molecule has 0 spiro atoms. The number of methoxy groups -OCH3 is 2. The molecule has 2 aromatic rings. The molecule has 2 aromatic carbocycles. The van der Waals surface area contributed by atoms with Crippen molar-refractivity contribution in [3.63, 3.8) is 0 Å². The van der Waals surface area contributed by atoms with Gasteiger partial charge in [0.2, 0.25) is 0 Å². The number of hydrogen-bond acceptors (Lipinski definition) is 4. The molecular weight excluding hydrogens is 343 g/mol. The Labute approximate surface area is 160 Å². The first-order chi connectivity index (χ1) is 13.2. The molecule has 5 heteroatoms. The summed E-state index contributed by atoms with van der Waals surface area (Å²) in [6.45, 7) is 2.76. The second-order valence-corrected chi connectivity index (χ2v) is 7.42. The number of ether oxygens (including phenoxy) is 2. The van der Waals surface area contributed by atoms with E-state index in [-0.39, 0.29) is 5.82 Å². The first-order valence-electron chi connectivity index (χ1n) is 9.64. The minimum absolute atomic E-state index is 0.180. The zero-order chi connectivity index (χ0) is 18.8. The summed E-state index contributed by atoms with van der Waals surface area (Å²) in [6, 6.07) is 13.8. The second kappa shape index (κ2) is 7.87. The van der Waals surface area contributed by atoms with Gasteiger partial charge in [-0.2, -0.15) is 0 Å². The number of nitrogens with zero attached hydrogens (tertiary/aromatic N) is 1. The first-order valence-corrected chi connectivity index (χ1v) is 9.64. The number of nitrogens with one attached hydrogen (secondary N) is 1. The van der Waals surface area contributed by atoms with Gasteiger partial charge >= 0.3 is 0 Å². The smallest absolute Gasteiger partial charge is 0.127 e. The Morgan fingerprint density at radius 2 is 1.78 bits per heavy atom. The predicted molar refractivity (Wildman–Crippen MR) is 104 cm³/mol. The van der Waals surface area contributed by atoms with E-state index >= 15 is 0 Å². The van der Waals surface area contributed by atoms with Crippen molar-refractivity contribution in [1.82, 2.24) is 10.2 Å². The molecule has 0 unspecified atom stereocenters. The number of halogens is 1. The molecular formula is C22H27FN2O2. The van der Waals surface area contributed by atoms with Crippen LogP contribution in [0.25, 0.3) is 0 Å². The third kappa shape index (κ3) is 3.54. The van der Waals surface area contributed by atoms with Crippen LogP contribution in [0, 0.1) is 5.82 Å². The van der Waals surface area contributed by atoms with Crippen LogP contribution in [-0.2, 0) is 6.54 Å². The zero-order valence-corrected chi connectivity index (χ0v) is 16.0. The van der Waals surface area contributed by atoms with Gasteiger partial charge in [0.15, 0.2) is 0 Å². The Morgan fingerprint density at radius 1 is 1.07 bits per heavy atom. The SMILES string of the molecule is COc1cccc(OC)c1CN1CCC[C@H]2NC[C@H](c3ccc(F)cc3)[C@H]21. The first kappa shape index (κ1) is 18.3. The summed E-state index contributed by atoms with van der Waals surface area (Å²) in [4.78, 5) is 2.54. The van der Waals surface area contributed by atoms with Crippen molar-refractivity contribution in [2.75, 3.05) is 27.3 Å². The van der Waals surface area contributed by atoms with Gasteiger partial charge in [-0.25, -0.2) is 4.39 Å². The molecule has 4 nitrogen and oxygen atoms in total. The van der Waals surface area contributed by atoms with Crippen molar-refractivity contribution in [2.24, 2.45) is 0 Å². The maximum Gasteiger partial charge on any atom is 0.127 e. The fourth-order valence-corrected chi connectivity index (χ4v) is 4.74. The molecule has 1 N–H and O–H groups in total. The molecule has 144 valence electrons. The van der Waals surface area contributed by atoms with Gasteiger partial charge in [-0.3, -0.25) is 4.90 Å². The van der Waals surface area contributed by atoms with E-state index in [1.807, 2.05) is 30.3 Å². The monoisotopic (exact) mass is 370 g/mol. The van der Waals surface area contributed by atoms with Crippen LogP contribution in [0.2, 0.25) is 0 Å². The Balaban J connectivity index is 1.63.